The van der Waals surface area contributed by atoms with Crippen LogP contribution in [0.5, 0.6) is 5.75 Å². The predicted molar refractivity (Wildman–Crippen MR) is 71.8 cm³/mol. The number of hydrogen-bond donors (Lipinski definition) is 1. The molecule has 1 N–H and O–H groups in total. The summed E-state index contributed by atoms with van der Waals surface area (Å²) in [5, 5.41) is 9.60. The molecule has 0 heterocycles. The van der Waals surface area contributed by atoms with Gasteiger partial charge in [-0.15, -0.1) is 0 Å². The van der Waals surface area contributed by atoms with E-state index in [1.54, 1.807) is 0 Å². The van der Waals surface area contributed by atoms with Crippen LogP contribution in [-0.4, -0.2) is 5.11 Å². The van der Waals surface area contributed by atoms with E-state index in [0.717, 1.165) is 12.8 Å². The molecular weight excluding hydrogens is 220 g/mol. The summed E-state index contributed by atoms with van der Waals surface area (Å²) >= 11 is 0. The van der Waals surface area contributed by atoms with Crippen LogP contribution in [0.3, 0.4) is 0 Å². The zero-order valence-electron chi connectivity index (χ0n) is 10.3. The summed E-state index contributed by atoms with van der Waals surface area (Å²) in [7, 11) is 0. The van der Waals surface area contributed by atoms with Crippen LogP contribution >= 0.6 is 0 Å². The molecule has 0 aliphatic heterocycles. The molecule has 0 aromatic heterocycles. The third-order valence-electron chi connectivity index (χ3n) is 4.57. The van der Waals surface area contributed by atoms with Crippen molar-refractivity contribution < 1.29 is 5.11 Å². The highest BCUT2D eigenvalue weighted by Gasteiger charge is 2.41. The van der Waals surface area contributed by atoms with Gasteiger partial charge in [0.25, 0.3) is 0 Å². The van der Waals surface area contributed by atoms with Gasteiger partial charge in [0.2, 0.25) is 0 Å². The van der Waals surface area contributed by atoms with Gasteiger partial charge in [0.05, 0.1) is 0 Å². The number of aromatic hydroxyl groups is 1. The molecule has 0 radical (unpaired) electrons. The van der Waals surface area contributed by atoms with Gasteiger partial charge in [-0.05, 0) is 65.5 Å². The molecule has 0 saturated heterocycles. The summed E-state index contributed by atoms with van der Waals surface area (Å²) in [4.78, 5) is 0. The van der Waals surface area contributed by atoms with Gasteiger partial charge in [-0.1, -0.05) is 30.3 Å². The van der Waals surface area contributed by atoms with Gasteiger partial charge in [-0.25, -0.2) is 0 Å². The monoisotopic (exact) mass is 236 g/mol. The van der Waals surface area contributed by atoms with Crippen LogP contribution in [0, 0.1) is 5.41 Å². The minimum absolute atomic E-state index is 0.389. The molecule has 4 rings (SSSR count). The molecule has 0 bridgehead atoms. The van der Waals surface area contributed by atoms with Gasteiger partial charge in [0.15, 0.2) is 0 Å². The minimum Gasteiger partial charge on any atom is -0.508 e. The average molecular weight is 236 g/mol. The third-order valence-corrected chi connectivity index (χ3v) is 4.57. The summed E-state index contributed by atoms with van der Waals surface area (Å²) in [5.41, 5.74) is 6.22. The van der Waals surface area contributed by atoms with Crippen molar-refractivity contribution in [3.8, 4) is 5.75 Å². The SMILES string of the molecule is Oc1ccc2c(c1)CC1(Cc3ccccc3C1)C2. The van der Waals surface area contributed by atoms with Crippen LogP contribution in [0.4, 0.5) is 0 Å². The van der Waals surface area contributed by atoms with Gasteiger partial charge < -0.3 is 5.11 Å². The van der Waals surface area contributed by atoms with Crippen molar-refractivity contribution in [2.24, 2.45) is 5.41 Å². The number of phenols is 1. The fourth-order valence-electron chi connectivity index (χ4n) is 3.84. The van der Waals surface area contributed by atoms with E-state index >= 15 is 0 Å². The second-order valence-electron chi connectivity index (χ2n) is 5.93. The van der Waals surface area contributed by atoms with Crippen LogP contribution in [0.2, 0.25) is 0 Å². The molecule has 2 aliphatic carbocycles. The molecule has 0 saturated carbocycles. The van der Waals surface area contributed by atoms with Crippen molar-refractivity contribution in [2.45, 2.75) is 25.7 Å². The maximum atomic E-state index is 9.60. The minimum atomic E-state index is 0.389. The Hall–Kier alpha value is -1.76. The zero-order chi connectivity index (χ0) is 12.2. The molecule has 1 heteroatoms. The molecule has 2 aromatic rings. The molecule has 1 spiro atoms. The van der Waals surface area contributed by atoms with Crippen molar-refractivity contribution in [1.82, 2.24) is 0 Å². The summed E-state index contributed by atoms with van der Waals surface area (Å²) in [6.45, 7) is 0. The normalized spacial score (nSPS) is 18.9. The van der Waals surface area contributed by atoms with E-state index in [1.807, 2.05) is 12.1 Å². The van der Waals surface area contributed by atoms with E-state index in [4.69, 9.17) is 0 Å². The van der Waals surface area contributed by atoms with E-state index in [9.17, 15) is 5.11 Å². The Morgan fingerprint density at radius 1 is 0.722 bits per heavy atom. The average Bonchev–Trinajstić information content (AvgIpc) is 2.87. The summed E-state index contributed by atoms with van der Waals surface area (Å²) in [6, 6.07) is 14.7. The third kappa shape index (κ3) is 1.40. The van der Waals surface area contributed by atoms with Crippen molar-refractivity contribution in [2.75, 3.05) is 0 Å². The Balaban J connectivity index is 1.71. The van der Waals surface area contributed by atoms with Crippen LogP contribution in [0.15, 0.2) is 42.5 Å². The molecule has 90 valence electrons. The molecule has 2 aromatic carbocycles. The molecule has 18 heavy (non-hydrogen) atoms. The standard InChI is InChI=1S/C17H16O/c18-16-6-5-14-10-17(11-15(14)7-16)8-12-3-1-2-4-13(12)9-17/h1-7,18H,8-11H2. The number of rotatable bonds is 0. The molecule has 0 fully saturated rings. The smallest absolute Gasteiger partial charge is 0.115 e. The fraction of sp³-hybridized carbons (Fsp3) is 0.294. The molecule has 2 aliphatic rings. The largest absolute Gasteiger partial charge is 0.508 e. The lowest BCUT2D eigenvalue weighted by molar-refractivity contribution is 0.326. The fourth-order valence-corrected chi connectivity index (χ4v) is 3.84. The Labute approximate surface area is 107 Å². The van der Waals surface area contributed by atoms with Gasteiger partial charge in [-0.3, -0.25) is 0 Å². The van der Waals surface area contributed by atoms with Crippen molar-refractivity contribution in [1.29, 1.82) is 0 Å². The van der Waals surface area contributed by atoms with Gasteiger partial charge in [0, 0.05) is 0 Å². The lowest BCUT2D eigenvalue weighted by Crippen LogP contribution is -2.21. The molecule has 1 nitrogen and oxygen atoms in total. The first-order valence-electron chi connectivity index (χ1n) is 6.62. The number of fused-ring (bicyclic) bond motifs is 2. The number of benzene rings is 2. The lowest BCUT2D eigenvalue weighted by Gasteiger charge is -2.21. The summed E-state index contributed by atoms with van der Waals surface area (Å²) in [5.74, 6) is 0.404. The predicted octanol–water partition coefficient (Wildman–Crippen LogP) is 3.28. The summed E-state index contributed by atoms with van der Waals surface area (Å²) in [6.07, 6.45) is 4.67. The Morgan fingerprint density at radius 2 is 1.28 bits per heavy atom. The van der Waals surface area contributed by atoms with Crippen molar-refractivity contribution >= 4 is 0 Å². The quantitative estimate of drug-likeness (QED) is 0.744. The molecule has 0 unspecified atom stereocenters. The summed E-state index contributed by atoms with van der Waals surface area (Å²) < 4.78 is 0. The number of phenolic OH excluding ortho intramolecular Hbond substituents is 1. The van der Waals surface area contributed by atoms with Gasteiger partial charge in [-0.2, -0.15) is 0 Å². The maximum Gasteiger partial charge on any atom is 0.115 e. The highest BCUT2D eigenvalue weighted by molar-refractivity contribution is 5.44. The van der Waals surface area contributed by atoms with E-state index in [0.29, 0.717) is 11.2 Å². The van der Waals surface area contributed by atoms with Crippen LogP contribution < -0.4 is 0 Å². The Bertz CT molecular complexity index is 602. The van der Waals surface area contributed by atoms with E-state index < -0.39 is 0 Å². The topological polar surface area (TPSA) is 20.2 Å². The second-order valence-corrected chi connectivity index (χ2v) is 5.93. The number of hydrogen-bond acceptors (Lipinski definition) is 1. The van der Waals surface area contributed by atoms with E-state index in [2.05, 4.69) is 30.3 Å². The zero-order valence-corrected chi connectivity index (χ0v) is 10.3. The molecule has 0 atom stereocenters. The van der Waals surface area contributed by atoms with Crippen molar-refractivity contribution in [3.63, 3.8) is 0 Å². The van der Waals surface area contributed by atoms with Crippen molar-refractivity contribution in [3.05, 3.63) is 64.7 Å². The van der Waals surface area contributed by atoms with Crippen LogP contribution in [0.25, 0.3) is 0 Å². The second kappa shape index (κ2) is 3.38. The highest BCUT2D eigenvalue weighted by Crippen LogP contribution is 2.47. The van der Waals surface area contributed by atoms with E-state index in [-0.39, 0.29) is 0 Å². The highest BCUT2D eigenvalue weighted by atomic mass is 16.3. The van der Waals surface area contributed by atoms with Crippen LogP contribution in [0.1, 0.15) is 22.3 Å². The van der Waals surface area contributed by atoms with Crippen LogP contribution in [-0.2, 0) is 25.7 Å². The first-order chi connectivity index (χ1) is 8.74. The van der Waals surface area contributed by atoms with Gasteiger partial charge >= 0.3 is 0 Å². The van der Waals surface area contributed by atoms with E-state index in [1.165, 1.54) is 35.1 Å². The first kappa shape index (κ1) is 10.2. The first-order valence-corrected chi connectivity index (χ1v) is 6.62. The lowest BCUT2D eigenvalue weighted by atomic mass is 9.82. The maximum absolute atomic E-state index is 9.60. The molecular formula is C17H16O. The van der Waals surface area contributed by atoms with Gasteiger partial charge in [0.1, 0.15) is 5.75 Å². The Kier molecular flexibility index (Phi) is 1.91. The molecule has 0 amide bonds. The Morgan fingerprint density at radius 3 is 1.94 bits per heavy atom.